The van der Waals surface area contributed by atoms with E-state index in [0.717, 1.165) is 16.1 Å². The number of carbonyl (C=O) groups excluding carboxylic acids is 1. The van der Waals surface area contributed by atoms with Crippen LogP contribution in [0.5, 0.6) is 5.75 Å². The van der Waals surface area contributed by atoms with Crippen molar-refractivity contribution >= 4 is 33.2 Å². The molecule has 1 amide bonds. The molecule has 0 spiro atoms. The summed E-state index contributed by atoms with van der Waals surface area (Å²) in [7, 11) is -3.67. The fourth-order valence-corrected chi connectivity index (χ4v) is 3.97. The van der Waals surface area contributed by atoms with Gasteiger partial charge >= 0.3 is 0 Å². The van der Waals surface area contributed by atoms with E-state index in [9.17, 15) is 13.2 Å². The van der Waals surface area contributed by atoms with Crippen molar-refractivity contribution in [3.8, 4) is 5.75 Å². The third-order valence-electron chi connectivity index (χ3n) is 3.81. The van der Waals surface area contributed by atoms with Gasteiger partial charge in [0.25, 0.3) is 0 Å². The van der Waals surface area contributed by atoms with Gasteiger partial charge in [-0.15, -0.1) is 0 Å². The maximum Gasteiger partial charge on any atom is 0.243 e. The number of ether oxygens (including phenoxy) is 1. The highest BCUT2D eigenvalue weighted by Crippen LogP contribution is 2.24. The lowest BCUT2D eigenvalue weighted by molar-refractivity contribution is -0.121. The number of nitrogens with one attached hydrogen (secondary N) is 1. The van der Waals surface area contributed by atoms with Gasteiger partial charge in [0.2, 0.25) is 15.9 Å². The van der Waals surface area contributed by atoms with Crippen LogP contribution < -0.4 is 14.4 Å². The molecule has 0 fully saturated rings. The third-order valence-corrected chi connectivity index (χ3v) is 5.29. The molecule has 2 rings (SSSR count). The average molecular weight is 411 g/mol. The molecule has 1 unspecified atom stereocenters. The Kier molecular flexibility index (Phi) is 7.10. The predicted octanol–water partition coefficient (Wildman–Crippen LogP) is 3.00. The molecule has 0 saturated carbocycles. The molecule has 27 heavy (non-hydrogen) atoms. The molecule has 0 bridgehead atoms. The Morgan fingerprint density at radius 2 is 1.93 bits per heavy atom. The molecule has 0 aromatic heterocycles. The van der Waals surface area contributed by atoms with Crippen LogP contribution in [0.25, 0.3) is 0 Å². The Labute approximate surface area is 165 Å². The number of anilines is 1. The van der Waals surface area contributed by atoms with E-state index in [2.05, 4.69) is 5.32 Å². The fourth-order valence-electron chi connectivity index (χ4n) is 2.62. The highest BCUT2D eigenvalue weighted by atomic mass is 35.5. The fraction of sp³-hybridized carbons (Fsp3) is 0.316. The van der Waals surface area contributed by atoms with Crippen LogP contribution >= 0.6 is 11.6 Å². The number of aryl methyl sites for hydroxylation is 1. The SMILES string of the molecule is Cc1cccc(OCCNC(=O)C(C)N(c2cccc(Cl)c2)S(C)(=O)=O)c1. The van der Waals surface area contributed by atoms with Gasteiger partial charge in [-0.1, -0.05) is 29.8 Å². The first-order chi connectivity index (χ1) is 12.7. The number of amides is 1. The number of sulfonamides is 1. The van der Waals surface area contributed by atoms with E-state index >= 15 is 0 Å². The van der Waals surface area contributed by atoms with Gasteiger partial charge in [0.1, 0.15) is 18.4 Å². The van der Waals surface area contributed by atoms with Crippen LogP contribution in [0.15, 0.2) is 48.5 Å². The molecular formula is C19H23ClN2O4S. The van der Waals surface area contributed by atoms with Crippen molar-refractivity contribution in [3.05, 3.63) is 59.1 Å². The minimum Gasteiger partial charge on any atom is -0.492 e. The summed E-state index contributed by atoms with van der Waals surface area (Å²) in [5.74, 6) is 0.294. The van der Waals surface area contributed by atoms with Crippen LogP contribution in [0.1, 0.15) is 12.5 Å². The number of benzene rings is 2. The lowest BCUT2D eigenvalue weighted by atomic mass is 10.2. The minimum absolute atomic E-state index is 0.254. The molecule has 8 heteroatoms. The highest BCUT2D eigenvalue weighted by molar-refractivity contribution is 7.92. The van der Waals surface area contributed by atoms with Crippen LogP contribution in [0, 0.1) is 6.92 Å². The summed E-state index contributed by atoms with van der Waals surface area (Å²) in [5, 5.41) is 3.09. The van der Waals surface area contributed by atoms with Gasteiger partial charge in [-0.05, 0) is 49.7 Å². The number of carbonyl (C=O) groups is 1. The first-order valence-corrected chi connectivity index (χ1v) is 10.6. The molecule has 0 aliphatic heterocycles. The normalized spacial score (nSPS) is 12.3. The molecule has 0 radical (unpaired) electrons. The number of halogens is 1. The standard InChI is InChI=1S/C19H23ClN2O4S/c1-14-6-4-9-18(12-14)26-11-10-21-19(23)15(2)22(27(3,24)25)17-8-5-7-16(20)13-17/h4-9,12-13,15H,10-11H2,1-3H3,(H,21,23). The zero-order chi connectivity index (χ0) is 20.0. The van der Waals surface area contributed by atoms with E-state index < -0.39 is 22.0 Å². The van der Waals surface area contributed by atoms with E-state index in [-0.39, 0.29) is 13.2 Å². The van der Waals surface area contributed by atoms with Crippen LogP contribution in [-0.2, 0) is 14.8 Å². The van der Waals surface area contributed by atoms with Gasteiger partial charge < -0.3 is 10.1 Å². The van der Waals surface area contributed by atoms with Crippen molar-refractivity contribution in [2.45, 2.75) is 19.9 Å². The van der Waals surface area contributed by atoms with E-state index in [1.54, 1.807) is 18.2 Å². The van der Waals surface area contributed by atoms with E-state index in [1.807, 2.05) is 31.2 Å². The summed E-state index contributed by atoms with van der Waals surface area (Å²) >= 11 is 5.96. The average Bonchev–Trinajstić information content (AvgIpc) is 2.57. The zero-order valence-corrected chi connectivity index (χ0v) is 17.0. The van der Waals surface area contributed by atoms with Crippen molar-refractivity contribution in [2.75, 3.05) is 23.7 Å². The van der Waals surface area contributed by atoms with E-state index in [1.165, 1.54) is 13.0 Å². The summed E-state index contributed by atoms with van der Waals surface area (Å²) in [4.78, 5) is 12.4. The first-order valence-electron chi connectivity index (χ1n) is 8.40. The second kappa shape index (κ2) is 9.10. The van der Waals surface area contributed by atoms with E-state index in [4.69, 9.17) is 16.3 Å². The molecule has 0 aliphatic rings. The molecular weight excluding hydrogens is 388 g/mol. The molecule has 2 aromatic carbocycles. The quantitative estimate of drug-likeness (QED) is 0.679. The van der Waals surface area contributed by atoms with Gasteiger partial charge in [-0.2, -0.15) is 0 Å². The van der Waals surface area contributed by atoms with Crippen LogP contribution in [0.2, 0.25) is 5.02 Å². The lowest BCUT2D eigenvalue weighted by Gasteiger charge is -2.28. The molecule has 6 nitrogen and oxygen atoms in total. The summed E-state index contributed by atoms with van der Waals surface area (Å²) in [5.41, 5.74) is 1.42. The first kappa shape index (κ1) is 21.1. The van der Waals surface area contributed by atoms with Crippen molar-refractivity contribution < 1.29 is 17.9 Å². The maximum absolute atomic E-state index is 12.4. The predicted molar refractivity (Wildman–Crippen MR) is 108 cm³/mol. The summed E-state index contributed by atoms with van der Waals surface area (Å²) in [6.07, 6.45) is 1.05. The zero-order valence-electron chi connectivity index (χ0n) is 15.5. The maximum atomic E-state index is 12.4. The van der Waals surface area contributed by atoms with Gasteiger partial charge in [-0.25, -0.2) is 8.42 Å². The number of nitrogens with zero attached hydrogens (tertiary/aromatic N) is 1. The smallest absolute Gasteiger partial charge is 0.243 e. The van der Waals surface area contributed by atoms with E-state index in [0.29, 0.717) is 16.5 Å². The summed E-state index contributed by atoms with van der Waals surface area (Å²) in [6, 6.07) is 13.0. The van der Waals surface area contributed by atoms with Crippen molar-refractivity contribution in [3.63, 3.8) is 0 Å². The second-order valence-corrected chi connectivity index (χ2v) is 8.47. The minimum atomic E-state index is -3.67. The van der Waals surface area contributed by atoms with Crippen molar-refractivity contribution in [1.82, 2.24) is 5.32 Å². The number of hydrogen-bond acceptors (Lipinski definition) is 4. The summed E-state index contributed by atoms with van der Waals surface area (Å²) in [6.45, 7) is 4.02. The lowest BCUT2D eigenvalue weighted by Crippen LogP contribution is -2.48. The second-order valence-electron chi connectivity index (χ2n) is 6.17. The Morgan fingerprint density at radius 1 is 1.22 bits per heavy atom. The van der Waals surface area contributed by atoms with Crippen LogP contribution in [0.4, 0.5) is 5.69 Å². The molecule has 1 atom stereocenters. The Bertz CT molecular complexity index is 902. The Hall–Kier alpha value is -2.25. The molecule has 0 aliphatic carbocycles. The highest BCUT2D eigenvalue weighted by Gasteiger charge is 2.29. The largest absolute Gasteiger partial charge is 0.492 e. The molecule has 0 saturated heterocycles. The number of rotatable bonds is 8. The monoisotopic (exact) mass is 410 g/mol. The van der Waals surface area contributed by atoms with Crippen LogP contribution in [0.3, 0.4) is 0 Å². The van der Waals surface area contributed by atoms with Gasteiger partial charge in [0, 0.05) is 5.02 Å². The summed E-state index contributed by atoms with van der Waals surface area (Å²) < 4.78 is 31.1. The molecule has 2 aromatic rings. The topological polar surface area (TPSA) is 75.7 Å². The van der Waals surface area contributed by atoms with Gasteiger partial charge in [0.05, 0.1) is 18.5 Å². The molecule has 1 N–H and O–H groups in total. The number of hydrogen-bond donors (Lipinski definition) is 1. The van der Waals surface area contributed by atoms with Crippen molar-refractivity contribution in [1.29, 1.82) is 0 Å². The van der Waals surface area contributed by atoms with Gasteiger partial charge in [0.15, 0.2) is 0 Å². The Balaban J connectivity index is 1.98. The molecule has 0 heterocycles. The van der Waals surface area contributed by atoms with Crippen LogP contribution in [-0.4, -0.2) is 39.8 Å². The van der Waals surface area contributed by atoms with Crippen molar-refractivity contribution in [2.24, 2.45) is 0 Å². The van der Waals surface area contributed by atoms with Gasteiger partial charge in [-0.3, -0.25) is 9.10 Å². The Morgan fingerprint density at radius 3 is 2.56 bits per heavy atom. The molecule has 146 valence electrons. The third kappa shape index (κ3) is 6.15.